The van der Waals surface area contributed by atoms with E-state index in [2.05, 4.69) is 80.6 Å². The minimum atomic E-state index is 0.485. The summed E-state index contributed by atoms with van der Waals surface area (Å²) in [7, 11) is 4.31. The molecular weight excluding hydrogens is 242 g/mol. The second kappa shape index (κ2) is 9.33. The van der Waals surface area contributed by atoms with E-state index in [0.29, 0.717) is 6.04 Å². The Morgan fingerprint density at radius 1 is 1.10 bits per heavy atom. The molecule has 1 unspecified atom stereocenters. The fraction of sp³-hybridized carbons (Fsp3) is 0.368. The standard InChI is InChI=1S/C19H27N/c1-5-6-7-9-12-17(2)15-16-19(20(3)4)18-13-10-8-11-14-18/h5-14,19H,15-16H2,1-4H3/b6-5-,9-7-,17-12+. The molecule has 0 saturated carbocycles. The molecule has 20 heavy (non-hydrogen) atoms. The van der Waals surface area contributed by atoms with E-state index in [1.807, 2.05) is 13.0 Å². The Labute approximate surface area is 124 Å². The second-order valence-corrected chi connectivity index (χ2v) is 5.35. The summed E-state index contributed by atoms with van der Waals surface area (Å²) in [5.41, 5.74) is 2.82. The summed E-state index contributed by atoms with van der Waals surface area (Å²) in [4.78, 5) is 2.30. The summed E-state index contributed by atoms with van der Waals surface area (Å²) in [6.45, 7) is 4.24. The molecule has 1 aromatic rings. The first kappa shape index (κ1) is 16.5. The highest BCUT2D eigenvalue weighted by atomic mass is 15.1. The molecule has 0 heterocycles. The zero-order chi connectivity index (χ0) is 14.8. The lowest BCUT2D eigenvalue weighted by Gasteiger charge is -2.25. The van der Waals surface area contributed by atoms with Gasteiger partial charge in [0, 0.05) is 6.04 Å². The van der Waals surface area contributed by atoms with Gasteiger partial charge in [0.25, 0.3) is 0 Å². The lowest BCUT2D eigenvalue weighted by Crippen LogP contribution is -2.19. The van der Waals surface area contributed by atoms with Crippen LogP contribution in [-0.2, 0) is 0 Å². The van der Waals surface area contributed by atoms with E-state index in [-0.39, 0.29) is 0 Å². The van der Waals surface area contributed by atoms with Crippen LogP contribution in [0.15, 0.2) is 66.3 Å². The SMILES string of the molecule is C\C=C/C=C\C=C(/C)CCC(c1ccccc1)N(C)C. The van der Waals surface area contributed by atoms with Crippen LogP contribution in [0.4, 0.5) is 0 Å². The quantitative estimate of drug-likeness (QED) is 0.619. The highest BCUT2D eigenvalue weighted by Gasteiger charge is 2.13. The van der Waals surface area contributed by atoms with Gasteiger partial charge in [0.05, 0.1) is 0 Å². The van der Waals surface area contributed by atoms with Crippen LogP contribution in [0.25, 0.3) is 0 Å². The van der Waals surface area contributed by atoms with Gasteiger partial charge in [0.1, 0.15) is 0 Å². The molecule has 0 bridgehead atoms. The Balaban J connectivity index is 2.60. The van der Waals surface area contributed by atoms with Gasteiger partial charge in [0.15, 0.2) is 0 Å². The van der Waals surface area contributed by atoms with Gasteiger partial charge in [-0.25, -0.2) is 0 Å². The van der Waals surface area contributed by atoms with E-state index in [1.165, 1.54) is 11.1 Å². The third kappa shape index (κ3) is 6.03. The molecule has 0 aliphatic carbocycles. The van der Waals surface area contributed by atoms with Crippen molar-refractivity contribution in [2.75, 3.05) is 14.1 Å². The number of hydrogen-bond donors (Lipinski definition) is 0. The van der Waals surface area contributed by atoms with E-state index >= 15 is 0 Å². The largest absolute Gasteiger partial charge is 0.302 e. The van der Waals surface area contributed by atoms with Crippen LogP contribution >= 0.6 is 0 Å². The number of nitrogens with zero attached hydrogens (tertiary/aromatic N) is 1. The van der Waals surface area contributed by atoms with Crippen molar-refractivity contribution in [3.63, 3.8) is 0 Å². The van der Waals surface area contributed by atoms with E-state index in [1.54, 1.807) is 0 Å². The maximum absolute atomic E-state index is 2.30. The average Bonchev–Trinajstić information content (AvgIpc) is 2.44. The van der Waals surface area contributed by atoms with Crippen LogP contribution in [0, 0.1) is 0 Å². The number of allylic oxidation sites excluding steroid dienone is 6. The van der Waals surface area contributed by atoms with Crippen LogP contribution < -0.4 is 0 Å². The molecule has 0 spiro atoms. The molecule has 108 valence electrons. The van der Waals surface area contributed by atoms with Gasteiger partial charge in [0.2, 0.25) is 0 Å². The summed E-state index contributed by atoms with van der Waals surface area (Å²) >= 11 is 0. The van der Waals surface area contributed by atoms with Gasteiger partial charge < -0.3 is 4.90 Å². The van der Waals surface area contributed by atoms with Gasteiger partial charge in [-0.2, -0.15) is 0 Å². The smallest absolute Gasteiger partial charge is 0.0345 e. The third-order valence-electron chi connectivity index (χ3n) is 3.42. The maximum atomic E-state index is 2.30. The summed E-state index contributed by atoms with van der Waals surface area (Å²) in [5.74, 6) is 0. The van der Waals surface area contributed by atoms with Crippen LogP contribution in [0.5, 0.6) is 0 Å². The molecule has 0 radical (unpaired) electrons. The molecule has 1 nitrogen and oxygen atoms in total. The molecule has 1 aromatic carbocycles. The fourth-order valence-corrected chi connectivity index (χ4v) is 2.24. The van der Waals surface area contributed by atoms with Gasteiger partial charge in [-0.1, -0.05) is 66.3 Å². The van der Waals surface area contributed by atoms with Crippen LogP contribution in [0.1, 0.15) is 38.3 Å². The molecule has 0 N–H and O–H groups in total. The summed E-state index contributed by atoms with van der Waals surface area (Å²) in [5, 5.41) is 0. The molecule has 1 atom stereocenters. The number of hydrogen-bond acceptors (Lipinski definition) is 1. The zero-order valence-electron chi connectivity index (χ0n) is 13.2. The van der Waals surface area contributed by atoms with Gasteiger partial charge in [-0.15, -0.1) is 0 Å². The average molecular weight is 269 g/mol. The summed E-state index contributed by atoms with van der Waals surface area (Å²) in [6, 6.07) is 11.2. The van der Waals surface area contributed by atoms with Crippen LogP contribution in [-0.4, -0.2) is 19.0 Å². The van der Waals surface area contributed by atoms with E-state index in [9.17, 15) is 0 Å². The minimum Gasteiger partial charge on any atom is -0.302 e. The molecule has 0 aliphatic rings. The van der Waals surface area contributed by atoms with Crippen molar-refractivity contribution in [2.45, 2.75) is 32.7 Å². The zero-order valence-corrected chi connectivity index (χ0v) is 13.2. The van der Waals surface area contributed by atoms with Gasteiger partial charge in [-0.05, 0) is 46.3 Å². The van der Waals surface area contributed by atoms with Crippen LogP contribution in [0.2, 0.25) is 0 Å². The molecule has 1 heteroatoms. The topological polar surface area (TPSA) is 3.24 Å². The van der Waals surface area contributed by atoms with Gasteiger partial charge >= 0.3 is 0 Å². The Hall–Kier alpha value is -1.60. The lowest BCUT2D eigenvalue weighted by atomic mass is 9.98. The molecule has 0 saturated heterocycles. The Morgan fingerprint density at radius 2 is 1.80 bits per heavy atom. The van der Waals surface area contributed by atoms with E-state index < -0.39 is 0 Å². The molecule has 0 amide bonds. The van der Waals surface area contributed by atoms with Crippen LogP contribution in [0.3, 0.4) is 0 Å². The van der Waals surface area contributed by atoms with Crippen molar-refractivity contribution in [2.24, 2.45) is 0 Å². The van der Waals surface area contributed by atoms with Gasteiger partial charge in [-0.3, -0.25) is 0 Å². The third-order valence-corrected chi connectivity index (χ3v) is 3.42. The maximum Gasteiger partial charge on any atom is 0.0345 e. The number of benzene rings is 1. The van der Waals surface area contributed by atoms with E-state index in [4.69, 9.17) is 0 Å². The van der Waals surface area contributed by atoms with Crippen molar-refractivity contribution in [1.82, 2.24) is 4.90 Å². The highest BCUT2D eigenvalue weighted by molar-refractivity contribution is 5.20. The fourth-order valence-electron chi connectivity index (χ4n) is 2.24. The van der Waals surface area contributed by atoms with Crippen molar-refractivity contribution >= 4 is 0 Å². The number of rotatable bonds is 7. The van der Waals surface area contributed by atoms with Crippen molar-refractivity contribution in [1.29, 1.82) is 0 Å². The molecular formula is C19H27N. The first-order valence-electron chi connectivity index (χ1n) is 7.31. The highest BCUT2D eigenvalue weighted by Crippen LogP contribution is 2.24. The Bertz CT molecular complexity index is 452. The molecule has 1 rings (SSSR count). The lowest BCUT2D eigenvalue weighted by molar-refractivity contribution is 0.284. The van der Waals surface area contributed by atoms with Crippen molar-refractivity contribution in [3.8, 4) is 0 Å². The Morgan fingerprint density at radius 3 is 2.40 bits per heavy atom. The van der Waals surface area contributed by atoms with Crippen molar-refractivity contribution < 1.29 is 0 Å². The first-order chi connectivity index (χ1) is 9.65. The minimum absolute atomic E-state index is 0.485. The summed E-state index contributed by atoms with van der Waals surface area (Å²) < 4.78 is 0. The van der Waals surface area contributed by atoms with E-state index in [0.717, 1.165) is 12.8 Å². The summed E-state index contributed by atoms with van der Waals surface area (Å²) in [6.07, 6.45) is 12.8. The molecule has 0 aromatic heterocycles. The first-order valence-corrected chi connectivity index (χ1v) is 7.31. The second-order valence-electron chi connectivity index (χ2n) is 5.35. The Kier molecular flexibility index (Phi) is 7.67. The predicted octanol–water partition coefficient (Wildman–Crippen LogP) is 5.15. The van der Waals surface area contributed by atoms with Crippen molar-refractivity contribution in [3.05, 3.63) is 71.8 Å². The molecule has 0 fully saturated rings. The normalized spacial score (nSPS) is 14.6. The molecule has 0 aliphatic heterocycles. The predicted molar refractivity (Wildman–Crippen MR) is 89.8 cm³/mol. The monoisotopic (exact) mass is 269 g/mol.